The average molecular weight is 375 g/mol. The Labute approximate surface area is 163 Å². The van der Waals surface area contributed by atoms with Gasteiger partial charge in [0.1, 0.15) is 18.1 Å². The highest BCUT2D eigenvalue weighted by atomic mass is 16.5. The molecule has 1 aromatic heterocycles. The SMILES string of the molecule is COc1ccccc1NC(=O)C1=C(C)Nc2ncnn2[C@@H]1c1ccccc1C. The lowest BCUT2D eigenvalue weighted by atomic mass is 9.92. The molecule has 0 bridgehead atoms. The predicted molar refractivity (Wildman–Crippen MR) is 107 cm³/mol. The number of aryl methyl sites for hydroxylation is 1. The molecule has 1 aliphatic rings. The Hall–Kier alpha value is -3.61. The molecule has 7 nitrogen and oxygen atoms in total. The number of hydrogen-bond acceptors (Lipinski definition) is 5. The maximum absolute atomic E-state index is 13.3. The molecule has 2 heterocycles. The fourth-order valence-corrected chi connectivity index (χ4v) is 3.50. The molecule has 142 valence electrons. The van der Waals surface area contributed by atoms with E-state index in [9.17, 15) is 4.79 Å². The van der Waals surface area contributed by atoms with E-state index < -0.39 is 0 Å². The van der Waals surface area contributed by atoms with E-state index in [1.54, 1.807) is 11.8 Å². The Morgan fingerprint density at radius 3 is 2.68 bits per heavy atom. The first kappa shape index (κ1) is 17.8. The van der Waals surface area contributed by atoms with Gasteiger partial charge in [-0.15, -0.1) is 0 Å². The third kappa shape index (κ3) is 3.00. The van der Waals surface area contributed by atoms with Crippen LogP contribution in [0.2, 0.25) is 0 Å². The minimum absolute atomic E-state index is 0.219. The molecule has 0 saturated carbocycles. The second-order valence-corrected chi connectivity index (χ2v) is 6.61. The number of aromatic nitrogens is 3. The molecule has 0 spiro atoms. The van der Waals surface area contributed by atoms with Gasteiger partial charge in [0.05, 0.1) is 18.4 Å². The number of allylic oxidation sites excluding steroid dienone is 1. The van der Waals surface area contributed by atoms with Crippen molar-refractivity contribution in [3.63, 3.8) is 0 Å². The summed E-state index contributed by atoms with van der Waals surface area (Å²) in [5.74, 6) is 0.996. The summed E-state index contributed by atoms with van der Waals surface area (Å²) >= 11 is 0. The molecule has 0 saturated heterocycles. The van der Waals surface area contributed by atoms with E-state index >= 15 is 0 Å². The van der Waals surface area contributed by atoms with Crippen LogP contribution in [0.5, 0.6) is 5.75 Å². The number of nitrogens with zero attached hydrogens (tertiary/aromatic N) is 3. The minimum Gasteiger partial charge on any atom is -0.495 e. The Kier molecular flexibility index (Phi) is 4.57. The lowest BCUT2D eigenvalue weighted by molar-refractivity contribution is -0.113. The van der Waals surface area contributed by atoms with E-state index in [0.29, 0.717) is 23.0 Å². The Morgan fingerprint density at radius 2 is 1.89 bits per heavy atom. The summed E-state index contributed by atoms with van der Waals surface area (Å²) < 4.78 is 7.10. The highest BCUT2D eigenvalue weighted by Gasteiger charge is 2.34. The summed E-state index contributed by atoms with van der Waals surface area (Å²) in [6, 6.07) is 14.9. The van der Waals surface area contributed by atoms with Gasteiger partial charge >= 0.3 is 0 Å². The maximum atomic E-state index is 13.3. The molecule has 2 aromatic carbocycles. The van der Waals surface area contributed by atoms with Crippen molar-refractivity contribution in [2.45, 2.75) is 19.9 Å². The number of methoxy groups -OCH3 is 1. The van der Waals surface area contributed by atoms with Crippen molar-refractivity contribution >= 4 is 17.5 Å². The van der Waals surface area contributed by atoms with Crippen molar-refractivity contribution in [3.8, 4) is 5.75 Å². The van der Waals surface area contributed by atoms with Crippen LogP contribution in [0.1, 0.15) is 24.1 Å². The van der Waals surface area contributed by atoms with Gasteiger partial charge in [-0.3, -0.25) is 4.79 Å². The molecule has 1 amide bonds. The van der Waals surface area contributed by atoms with Crippen molar-refractivity contribution < 1.29 is 9.53 Å². The highest BCUT2D eigenvalue weighted by molar-refractivity contribution is 6.06. The number of amides is 1. The molecule has 0 fully saturated rings. The summed E-state index contributed by atoms with van der Waals surface area (Å²) in [4.78, 5) is 17.6. The van der Waals surface area contributed by atoms with Crippen molar-refractivity contribution in [1.82, 2.24) is 14.8 Å². The molecule has 7 heteroatoms. The number of rotatable bonds is 4. The molecule has 0 radical (unpaired) electrons. The Bertz CT molecular complexity index is 1070. The normalized spacial score (nSPS) is 15.6. The van der Waals surface area contributed by atoms with Crippen LogP contribution in [0.25, 0.3) is 0 Å². The van der Waals surface area contributed by atoms with Crippen molar-refractivity contribution in [2.24, 2.45) is 0 Å². The standard InChI is InChI=1S/C21H21N5O2/c1-13-8-4-5-9-15(13)19-18(14(2)24-21-22-12-23-26(19)21)20(27)25-16-10-6-7-11-17(16)28-3/h4-12,19H,1-3H3,(H,25,27)(H,22,23,24)/t19-/m1/s1. The summed E-state index contributed by atoms with van der Waals surface area (Å²) in [6.07, 6.45) is 1.49. The zero-order chi connectivity index (χ0) is 19.7. The molecule has 0 aliphatic carbocycles. The number of nitrogens with one attached hydrogen (secondary N) is 2. The number of benzene rings is 2. The van der Waals surface area contributed by atoms with Gasteiger partial charge in [-0.25, -0.2) is 4.68 Å². The van der Waals surface area contributed by atoms with Gasteiger partial charge in [-0.2, -0.15) is 10.1 Å². The number of anilines is 2. The molecule has 1 atom stereocenters. The first-order valence-electron chi connectivity index (χ1n) is 8.97. The summed E-state index contributed by atoms with van der Waals surface area (Å²) in [5, 5.41) is 10.5. The van der Waals surface area contributed by atoms with Crippen molar-refractivity contribution in [2.75, 3.05) is 17.7 Å². The van der Waals surface area contributed by atoms with Gasteiger partial charge < -0.3 is 15.4 Å². The number of hydrogen-bond donors (Lipinski definition) is 2. The van der Waals surface area contributed by atoms with Crippen LogP contribution in [0.3, 0.4) is 0 Å². The zero-order valence-corrected chi connectivity index (χ0v) is 15.9. The van der Waals surface area contributed by atoms with Crippen LogP contribution in [0.4, 0.5) is 11.6 Å². The lowest BCUT2D eigenvalue weighted by Crippen LogP contribution is -2.32. The van der Waals surface area contributed by atoms with Crippen molar-refractivity contribution in [3.05, 3.63) is 77.3 Å². The number of carbonyl (C=O) groups excluding carboxylic acids is 1. The number of para-hydroxylation sites is 2. The maximum Gasteiger partial charge on any atom is 0.255 e. The summed E-state index contributed by atoms with van der Waals surface area (Å²) in [6.45, 7) is 3.90. The van der Waals surface area contributed by atoms with Crippen LogP contribution in [0.15, 0.2) is 66.1 Å². The van der Waals surface area contributed by atoms with Crippen LogP contribution >= 0.6 is 0 Å². The largest absolute Gasteiger partial charge is 0.495 e. The predicted octanol–water partition coefficient (Wildman–Crippen LogP) is 3.52. The number of carbonyl (C=O) groups is 1. The van der Waals surface area contributed by atoms with Gasteiger partial charge in [-0.05, 0) is 37.1 Å². The van der Waals surface area contributed by atoms with Crippen LogP contribution < -0.4 is 15.4 Å². The number of fused-ring (bicyclic) bond motifs is 1. The Morgan fingerprint density at radius 1 is 1.14 bits per heavy atom. The van der Waals surface area contributed by atoms with Gasteiger partial charge in [-0.1, -0.05) is 36.4 Å². The molecule has 4 rings (SSSR count). The van der Waals surface area contributed by atoms with E-state index in [1.807, 2.05) is 62.4 Å². The van der Waals surface area contributed by atoms with E-state index in [4.69, 9.17) is 4.74 Å². The topological polar surface area (TPSA) is 81.1 Å². The number of ether oxygens (including phenoxy) is 1. The molecular formula is C21H21N5O2. The Balaban J connectivity index is 1.79. The van der Waals surface area contributed by atoms with Crippen LogP contribution in [0, 0.1) is 6.92 Å². The average Bonchev–Trinajstić information content (AvgIpc) is 3.16. The first-order valence-corrected chi connectivity index (χ1v) is 8.97. The van der Waals surface area contributed by atoms with E-state index in [-0.39, 0.29) is 11.9 Å². The van der Waals surface area contributed by atoms with E-state index in [1.165, 1.54) is 6.33 Å². The van der Waals surface area contributed by atoms with Gasteiger partial charge in [0, 0.05) is 5.70 Å². The van der Waals surface area contributed by atoms with Crippen LogP contribution in [-0.2, 0) is 4.79 Å². The van der Waals surface area contributed by atoms with Crippen LogP contribution in [-0.4, -0.2) is 27.8 Å². The summed E-state index contributed by atoms with van der Waals surface area (Å²) in [7, 11) is 1.58. The fraction of sp³-hybridized carbons (Fsp3) is 0.190. The van der Waals surface area contributed by atoms with Gasteiger partial charge in [0.25, 0.3) is 5.91 Å². The third-order valence-corrected chi connectivity index (χ3v) is 4.88. The second kappa shape index (κ2) is 7.19. The fourth-order valence-electron chi connectivity index (χ4n) is 3.50. The lowest BCUT2D eigenvalue weighted by Gasteiger charge is -2.29. The van der Waals surface area contributed by atoms with Gasteiger partial charge in [0.2, 0.25) is 5.95 Å². The van der Waals surface area contributed by atoms with E-state index in [2.05, 4.69) is 20.7 Å². The smallest absolute Gasteiger partial charge is 0.255 e. The molecule has 3 aromatic rings. The molecule has 0 unspecified atom stereocenters. The van der Waals surface area contributed by atoms with E-state index in [0.717, 1.165) is 16.8 Å². The molecule has 2 N–H and O–H groups in total. The zero-order valence-electron chi connectivity index (χ0n) is 15.9. The highest BCUT2D eigenvalue weighted by Crippen LogP contribution is 2.37. The molecule has 1 aliphatic heterocycles. The first-order chi connectivity index (χ1) is 13.6. The molecule has 28 heavy (non-hydrogen) atoms. The molecular weight excluding hydrogens is 354 g/mol. The van der Waals surface area contributed by atoms with Crippen molar-refractivity contribution in [1.29, 1.82) is 0 Å². The summed E-state index contributed by atoms with van der Waals surface area (Å²) in [5.41, 5.74) is 4.01. The monoisotopic (exact) mass is 375 g/mol. The van der Waals surface area contributed by atoms with Gasteiger partial charge in [0.15, 0.2) is 0 Å². The quantitative estimate of drug-likeness (QED) is 0.729. The minimum atomic E-state index is -0.380. The third-order valence-electron chi connectivity index (χ3n) is 4.88. The second-order valence-electron chi connectivity index (χ2n) is 6.61.